The number of aromatic nitrogens is 2. The van der Waals surface area contributed by atoms with E-state index in [2.05, 4.69) is 33.8 Å². The molecule has 0 amide bonds. The molecule has 0 spiro atoms. The van der Waals surface area contributed by atoms with E-state index < -0.39 is 0 Å². The number of ether oxygens (including phenoxy) is 1. The Hall–Kier alpha value is -2.89. The van der Waals surface area contributed by atoms with Crippen molar-refractivity contribution in [2.75, 3.05) is 7.11 Å². The molecule has 2 N–H and O–H groups in total. The minimum absolute atomic E-state index is 0.279. The minimum Gasteiger partial charge on any atom is -0.439 e. The minimum atomic E-state index is -0.279. The second-order valence-electron chi connectivity index (χ2n) is 6.31. The maximum atomic E-state index is 6.30. The van der Waals surface area contributed by atoms with Crippen LogP contribution in [0, 0.1) is 0 Å². The van der Waals surface area contributed by atoms with Gasteiger partial charge < -0.3 is 19.5 Å². The number of benzene rings is 2. The Morgan fingerprint density at radius 3 is 2.69 bits per heavy atom. The van der Waals surface area contributed by atoms with Gasteiger partial charge in [0.2, 0.25) is 5.89 Å². The van der Waals surface area contributed by atoms with Gasteiger partial charge in [-0.3, -0.25) is 0 Å². The molecule has 2 aromatic heterocycles. The van der Waals surface area contributed by atoms with Gasteiger partial charge in [0, 0.05) is 24.3 Å². The molecule has 4 rings (SSSR count). The number of nitrogens with two attached hydrogens (primary N) is 1. The van der Waals surface area contributed by atoms with Gasteiger partial charge in [-0.25, -0.2) is 4.98 Å². The summed E-state index contributed by atoms with van der Waals surface area (Å²) in [6.45, 7) is 0.481. The number of fused-ring (bicyclic) bond motifs is 1. The van der Waals surface area contributed by atoms with Crippen molar-refractivity contribution in [3.63, 3.8) is 0 Å². The summed E-state index contributed by atoms with van der Waals surface area (Å²) in [6, 6.07) is 18.0. The molecule has 0 aliphatic carbocycles. The van der Waals surface area contributed by atoms with Crippen LogP contribution in [0.1, 0.15) is 17.5 Å². The van der Waals surface area contributed by atoms with E-state index in [0.717, 1.165) is 27.8 Å². The van der Waals surface area contributed by atoms with Crippen molar-refractivity contribution in [1.82, 2.24) is 9.55 Å². The molecule has 0 saturated carbocycles. The molecule has 132 valence electrons. The van der Waals surface area contributed by atoms with Crippen LogP contribution in [0.4, 0.5) is 0 Å². The molecular formula is C21H21N3O2. The van der Waals surface area contributed by atoms with E-state index in [1.165, 1.54) is 0 Å². The van der Waals surface area contributed by atoms with Crippen molar-refractivity contribution in [2.45, 2.75) is 19.2 Å². The van der Waals surface area contributed by atoms with Crippen LogP contribution in [-0.2, 0) is 17.9 Å². The Kier molecular flexibility index (Phi) is 4.56. The highest BCUT2D eigenvalue weighted by molar-refractivity contribution is 5.94. The molecule has 0 aliphatic rings. The van der Waals surface area contributed by atoms with Crippen molar-refractivity contribution in [3.8, 4) is 11.3 Å². The van der Waals surface area contributed by atoms with Gasteiger partial charge in [0.25, 0.3) is 0 Å². The summed E-state index contributed by atoms with van der Waals surface area (Å²) in [4.78, 5) is 4.42. The smallest absolute Gasteiger partial charge is 0.212 e. The molecule has 4 aromatic rings. The fraction of sp³-hybridized carbons (Fsp3) is 0.190. The van der Waals surface area contributed by atoms with Crippen molar-refractivity contribution >= 4 is 10.9 Å². The van der Waals surface area contributed by atoms with E-state index in [1.807, 2.05) is 36.5 Å². The molecule has 0 aliphatic heterocycles. The van der Waals surface area contributed by atoms with Gasteiger partial charge in [-0.1, -0.05) is 48.5 Å². The van der Waals surface area contributed by atoms with Crippen molar-refractivity contribution in [2.24, 2.45) is 5.73 Å². The second kappa shape index (κ2) is 7.15. The van der Waals surface area contributed by atoms with Crippen LogP contribution in [-0.4, -0.2) is 16.7 Å². The van der Waals surface area contributed by atoms with E-state index in [9.17, 15) is 0 Å². The van der Waals surface area contributed by atoms with Crippen LogP contribution in [0.5, 0.6) is 0 Å². The van der Waals surface area contributed by atoms with Crippen LogP contribution in [0.15, 0.2) is 71.4 Å². The zero-order valence-electron chi connectivity index (χ0n) is 14.6. The monoisotopic (exact) mass is 347 g/mol. The predicted octanol–water partition coefficient (Wildman–Crippen LogP) is 4.14. The fourth-order valence-electron chi connectivity index (χ4n) is 3.23. The third-order valence-electron chi connectivity index (χ3n) is 4.46. The van der Waals surface area contributed by atoms with Gasteiger partial charge in [0.15, 0.2) is 5.76 Å². The van der Waals surface area contributed by atoms with E-state index in [0.29, 0.717) is 19.0 Å². The Bertz CT molecular complexity index is 1000. The number of nitrogens with zero attached hydrogens (tertiary/aromatic N) is 2. The Morgan fingerprint density at radius 1 is 1.12 bits per heavy atom. The van der Waals surface area contributed by atoms with Crippen molar-refractivity contribution < 1.29 is 9.15 Å². The predicted molar refractivity (Wildman–Crippen MR) is 102 cm³/mol. The van der Waals surface area contributed by atoms with Gasteiger partial charge in [-0.2, -0.15) is 0 Å². The lowest BCUT2D eigenvalue weighted by atomic mass is 10.1. The van der Waals surface area contributed by atoms with Crippen LogP contribution in [0.2, 0.25) is 0 Å². The van der Waals surface area contributed by atoms with Gasteiger partial charge >= 0.3 is 0 Å². The molecule has 26 heavy (non-hydrogen) atoms. The molecule has 1 atom stereocenters. The third kappa shape index (κ3) is 3.14. The molecule has 2 heterocycles. The molecule has 0 bridgehead atoms. The van der Waals surface area contributed by atoms with Crippen molar-refractivity contribution in [3.05, 3.63) is 78.4 Å². The second-order valence-corrected chi connectivity index (χ2v) is 6.31. The first-order valence-corrected chi connectivity index (χ1v) is 8.58. The van der Waals surface area contributed by atoms with Gasteiger partial charge in [-0.15, -0.1) is 0 Å². The molecule has 0 unspecified atom stereocenters. The normalized spacial score (nSPS) is 12.5. The highest BCUT2D eigenvalue weighted by Crippen LogP contribution is 2.32. The molecule has 0 saturated heterocycles. The fourth-order valence-corrected chi connectivity index (χ4v) is 3.23. The summed E-state index contributed by atoms with van der Waals surface area (Å²) in [5.74, 6) is 1.27. The summed E-state index contributed by atoms with van der Waals surface area (Å²) < 4.78 is 13.4. The summed E-state index contributed by atoms with van der Waals surface area (Å²) >= 11 is 0. The maximum Gasteiger partial charge on any atom is 0.212 e. The molecular weight excluding hydrogens is 326 g/mol. The third-order valence-corrected chi connectivity index (χ3v) is 4.46. The lowest BCUT2D eigenvalue weighted by Gasteiger charge is -2.07. The Labute approximate surface area is 152 Å². The van der Waals surface area contributed by atoms with Gasteiger partial charge in [-0.05, 0) is 18.1 Å². The quantitative estimate of drug-likeness (QED) is 0.569. The zero-order chi connectivity index (χ0) is 17.9. The standard InChI is InChI=1S/C21H21N3O2/c1-25-14-24-13-17(16-9-5-6-10-19(16)24)20-12-23-21(26-20)18(22)11-15-7-3-2-4-8-15/h2-10,12-13,18H,11,14,22H2,1H3/t18-/m0/s1. The van der Waals surface area contributed by atoms with E-state index >= 15 is 0 Å². The van der Waals surface area contributed by atoms with Crippen LogP contribution in [0.25, 0.3) is 22.2 Å². The van der Waals surface area contributed by atoms with Gasteiger partial charge in [0.05, 0.1) is 17.8 Å². The number of rotatable bonds is 6. The topological polar surface area (TPSA) is 66.2 Å². The number of hydrogen-bond acceptors (Lipinski definition) is 4. The number of oxazole rings is 1. The summed E-state index contributed by atoms with van der Waals surface area (Å²) in [5, 5.41) is 1.10. The van der Waals surface area contributed by atoms with Crippen LogP contribution >= 0.6 is 0 Å². The summed E-state index contributed by atoms with van der Waals surface area (Å²) in [5.41, 5.74) is 9.55. The molecule has 2 aromatic carbocycles. The van der Waals surface area contributed by atoms with Crippen molar-refractivity contribution in [1.29, 1.82) is 0 Å². The zero-order valence-corrected chi connectivity index (χ0v) is 14.6. The first kappa shape index (κ1) is 16.6. The molecule has 5 heteroatoms. The highest BCUT2D eigenvalue weighted by atomic mass is 16.5. The Balaban J connectivity index is 1.65. The van der Waals surface area contributed by atoms with Crippen LogP contribution < -0.4 is 5.73 Å². The first-order chi connectivity index (χ1) is 12.8. The highest BCUT2D eigenvalue weighted by Gasteiger charge is 2.17. The average molecular weight is 347 g/mol. The lowest BCUT2D eigenvalue weighted by Crippen LogP contribution is -2.13. The van der Waals surface area contributed by atoms with E-state index in [-0.39, 0.29) is 6.04 Å². The first-order valence-electron chi connectivity index (χ1n) is 8.58. The lowest BCUT2D eigenvalue weighted by molar-refractivity contribution is 0.135. The van der Waals surface area contributed by atoms with E-state index in [1.54, 1.807) is 13.3 Å². The summed E-state index contributed by atoms with van der Waals surface area (Å²) in [7, 11) is 1.68. The number of para-hydroxylation sites is 1. The van der Waals surface area contributed by atoms with E-state index in [4.69, 9.17) is 14.9 Å². The maximum absolute atomic E-state index is 6.30. The number of methoxy groups -OCH3 is 1. The molecule has 0 fully saturated rings. The van der Waals surface area contributed by atoms with Crippen LogP contribution in [0.3, 0.4) is 0 Å². The van der Waals surface area contributed by atoms with Gasteiger partial charge in [0.1, 0.15) is 6.73 Å². The molecule has 5 nitrogen and oxygen atoms in total. The molecule has 0 radical (unpaired) electrons. The average Bonchev–Trinajstić information content (AvgIpc) is 3.28. The Morgan fingerprint density at radius 2 is 1.88 bits per heavy atom. The number of hydrogen-bond donors (Lipinski definition) is 1. The SMILES string of the molecule is COCn1cc(-c2cnc([C@@H](N)Cc3ccccc3)o2)c2ccccc21. The largest absolute Gasteiger partial charge is 0.439 e. The summed E-state index contributed by atoms with van der Waals surface area (Å²) in [6.07, 6.45) is 4.46.